The first kappa shape index (κ1) is 13.5. The largest absolute Gasteiger partial charge is 0.508 e. The van der Waals surface area contributed by atoms with E-state index in [2.05, 4.69) is 10.3 Å². The van der Waals surface area contributed by atoms with E-state index in [-0.39, 0.29) is 18.1 Å². The van der Waals surface area contributed by atoms with Gasteiger partial charge in [0.2, 0.25) is 5.91 Å². The van der Waals surface area contributed by atoms with Crippen LogP contribution in [0.3, 0.4) is 0 Å². The van der Waals surface area contributed by atoms with Crippen LogP contribution in [-0.4, -0.2) is 22.5 Å². The highest BCUT2D eigenvalue weighted by molar-refractivity contribution is 7.09. The number of aromatic hydroxyl groups is 1. The molecular weight excluding hydrogens is 262 g/mol. The Kier molecular flexibility index (Phi) is 4.48. The fourth-order valence-corrected chi connectivity index (χ4v) is 2.44. The summed E-state index contributed by atoms with van der Waals surface area (Å²) in [4.78, 5) is 16.1. The second kappa shape index (κ2) is 6.31. The average Bonchev–Trinajstić information content (AvgIpc) is 2.77. The van der Waals surface area contributed by atoms with Crippen molar-refractivity contribution in [2.45, 2.75) is 12.8 Å². The number of hydrogen-bond acceptors (Lipinski definition) is 5. The van der Waals surface area contributed by atoms with Gasteiger partial charge in [0.15, 0.2) is 0 Å². The number of phenols is 1. The van der Waals surface area contributed by atoms with E-state index in [4.69, 9.17) is 5.73 Å². The Balaban J connectivity index is 1.93. The predicted molar refractivity (Wildman–Crippen MR) is 75.3 cm³/mol. The van der Waals surface area contributed by atoms with E-state index in [9.17, 15) is 9.90 Å². The molecule has 0 atom stereocenters. The summed E-state index contributed by atoms with van der Waals surface area (Å²) in [7, 11) is 0. The van der Waals surface area contributed by atoms with Gasteiger partial charge in [0.1, 0.15) is 5.75 Å². The molecule has 0 unspecified atom stereocenters. The number of carbonyl (C=O) groups is 1. The number of anilines is 1. The van der Waals surface area contributed by atoms with E-state index in [0.29, 0.717) is 12.2 Å². The number of thiazole rings is 1. The van der Waals surface area contributed by atoms with E-state index in [0.717, 1.165) is 17.1 Å². The Morgan fingerprint density at radius 1 is 1.47 bits per heavy atom. The third-order valence-electron chi connectivity index (χ3n) is 2.43. The molecule has 0 saturated carbocycles. The van der Waals surface area contributed by atoms with Crippen LogP contribution in [-0.2, 0) is 17.6 Å². The lowest BCUT2D eigenvalue weighted by Crippen LogP contribution is -2.14. The summed E-state index contributed by atoms with van der Waals surface area (Å²) in [6, 6.07) is 6.44. The number of rotatable bonds is 5. The lowest BCUT2D eigenvalue weighted by atomic mass is 10.2. The number of phenolic OH excluding ortho intramolecular Hbond substituents is 1. The van der Waals surface area contributed by atoms with E-state index >= 15 is 0 Å². The van der Waals surface area contributed by atoms with Gasteiger partial charge >= 0.3 is 0 Å². The topological polar surface area (TPSA) is 88.2 Å². The van der Waals surface area contributed by atoms with Crippen LogP contribution in [0.15, 0.2) is 29.6 Å². The number of aromatic nitrogens is 1. The van der Waals surface area contributed by atoms with Crippen LogP contribution in [0.2, 0.25) is 0 Å². The van der Waals surface area contributed by atoms with Gasteiger partial charge in [-0.05, 0) is 18.7 Å². The van der Waals surface area contributed by atoms with E-state index in [1.54, 1.807) is 18.2 Å². The minimum Gasteiger partial charge on any atom is -0.508 e. The zero-order valence-corrected chi connectivity index (χ0v) is 11.1. The van der Waals surface area contributed by atoms with Gasteiger partial charge < -0.3 is 16.2 Å². The standard InChI is InChI=1S/C13H15N3O2S/c14-5-4-13-16-10(8-19-13)7-12(18)15-9-2-1-3-11(17)6-9/h1-3,6,8,17H,4-5,7,14H2,(H,15,18). The number of nitrogens with two attached hydrogens (primary N) is 1. The molecule has 0 bridgehead atoms. The highest BCUT2D eigenvalue weighted by Gasteiger charge is 2.08. The first-order chi connectivity index (χ1) is 9.17. The number of amides is 1. The zero-order valence-electron chi connectivity index (χ0n) is 10.3. The van der Waals surface area contributed by atoms with E-state index < -0.39 is 0 Å². The monoisotopic (exact) mass is 277 g/mol. The number of benzene rings is 1. The molecule has 1 aromatic heterocycles. The number of nitrogens with zero attached hydrogens (tertiary/aromatic N) is 1. The van der Waals surface area contributed by atoms with Gasteiger partial charge in [0.25, 0.3) is 0 Å². The lowest BCUT2D eigenvalue weighted by molar-refractivity contribution is -0.115. The summed E-state index contributed by atoms with van der Waals surface area (Å²) < 4.78 is 0. The van der Waals surface area contributed by atoms with Crippen LogP contribution in [0.25, 0.3) is 0 Å². The van der Waals surface area contributed by atoms with E-state index in [1.807, 2.05) is 5.38 Å². The van der Waals surface area contributed by atoms with Gasteiger partial charge in [-0.1, -0.05) is 6.07 Å². The highest BCUT2D eigenvalue weighted by Crippen LogP contribution is 2.16. The summed E-state index contributed by atoms with van der Waals surface area (Å²) in [5, 5.41) is 14.8. The third-order valence-corrected chi connectivity index (χ3v) is 3.39. The summed E-state index contributed by atoms with van der Waals surface area (Å²) >= 11 is 1.51. The van der Waals surface area contributed by atoms with Gasteiger partial charge in [-0.2, -0.15) is 0 Å². The second-order valence-electron chi connectivity index (χ2n) is 4.05. The van der Waals surface area contributed by atoms with Crippen LogP contribution >= 0.6 is 11.3 Å². The Morgan fingerprint density at radius 3 is 3.05 bits per heavy atom. The molecule has 0 fully saturated rings. The van der Waals surface area contributed by atoms with Crippen LogP contribution in [0.1, 0.15) is 10.7 Å². The summed E-state index contributed by atoms with van der Waals surface area (Å²) in [5.74, 6) is -0.0353. The molecule has 0 aliphatic heterocycles. The number of hydrogen-bond donors (Lipinski definition) is 3. The van der Waals surface area contributed by atoms with Gasteiger partial charge in [0.05, 0.1) is 17.1 Å². The minimum absolute atomic E-state index is 0.122. The Labute approximate surface area is 115 Å². The van der Waals surface area contributed by atoms with Crippen LogP contribution < -0.4 is 11.1 Å². The number of carbonyl (C=O) groups excluding carboxylic acids is 1. The molecule has 6 heteroatoms. The van der Waals surface area contributed by atoms with Crippen LogP contribution in [0, 0.1) is 0 Å². The molecule has 0 radical (unpaired) electrons. The molecule has 19 heavy (non-hydrogen) atoms. The Hall–Kier alpha value is -1.92. The molecule has 0 spiro atoms. The van der Waals surface area contributed by atoms with Crippen LogP contribution in [0.5, 0.6) is 5.75 Å². The van der Waals surface area contributed by atoms with Crippen molar-refractivity contribution >= 4 is 22.9 Å². The lowest BCUT2D eigenvalue weighted by Gasteiger charge is -2.04. The summed E-state index contributed by atoms with van der Waals surface area (Å²) in [6.07, 6.45) is 0.954. The summed E-state index contributed by atoms with van der Waals surface area (Å²) in [5.41, 5.74) is 6.76. The molecule has 100 valence electrons. The fraction of sp³-hybridized carbons (Fsp3) is 0.231. The van der Waals surface area contributed by atoms with Crippen molar-refractivity contribution in [3.05, 3.63) is 40.3 Å². The molecule has 0 aliphatic rings. The first-order valence-corrected chi connectivity index (χ1v) is 6.77. The van der Waals surface area contributed by atoms with E-state index in [1.165, 1.54) is 17.4 Å². The molecule has 1 aromatic carbocycles. The summed E-state index contributed by atoms with van der Waals surface area (Å²) in [6.45, 7) is 0.558. The third kappa shape index (κ3) is 4.04. The van der Waals surface area contributed by atoms with Crippen molar-refractivity contribution in [3.63, 3.8) is 0 Å². The molecule has 2 aromatic rings. The average molecular weight is 277 g/mol. The Morgan fingerprint density at radius 2 is 2.32 bits per heavy atom. The van der Waals surface area contributed by atoms with Gasteiger partial charge in [-0.15, -0.1) is 11.3 Å². The van der Waals surface area contributed by atoms with Crippen molar-refractivity contribution in [1.82, 2.24) is 4.98 Å². The molecule has 5 nitrogen and oxygen atoms in total. The molecular formula is C13H15N3O2S. The molecule has 4 N–H and O–H groups in total. The Bertz CT molecular complexity index is 569. The first-order valence-electron chi connectivity index (χ1n) is 5.89. The normalized spacial score (nSPS) is 10.4. The SMILES string of the molecule is NCCc1nc(CC(=O)Nc2cccc(O)c2)cs1. The molecule has 0 aliphatic carbocycles. The number of nitrogens with one attached hydrogen (secondary N) is 1. The zero-order chi connectivity index (χ0) is 13.7. The minimum atomic E-state index is -0.157. The molecule has 1 heterocycles. The second-order valence-corrected chi connectivity index (χ2v) is 4.99. The fourth-order valence-electron chi connectivity index (χ4n) is 1.62. The van der Waals surface area contributed by atoms with Crippen molar-refractivity contribution < 1.29 is 9.90 Å². The molecule has 1 amide bonds. The van der Waals surface area contributed by atoms with Crippen LogP contribution in [0.4, 0.5) is 5.69 Å². The quantitative estimate of drug-likeness (QED) is 0.773. The van der Waals surface area contributed by atoms with Crippen molar-refractivity contribution in [1.29, 1.82) is 0 Å². The van der Waals surface area contributed by atoms with Crippen molar-refractivity contribution in [3.8, 4) is 5.75 Å². The highest BCUT2D eigenvalue weighted by atomic mass is 32.1. The maximum atomic E-state index is 11.8. The predicted octanol–water partition coefficient (Wildman–Crippen LogP) is 1.53. The van der Waals surface area contributed by atoms with Gasteiger partial charge in [0, 0.05) is 23.6 Å². The van der Waals surface area contributed by atoms with Crippen molar-refractivity contribution in [2.24, 2.45) is 5.73 Å². The van der Waals surface area contributed by atoms with Crippen molar-refractivity contribution in [2.75, 3.05) is 11.9 Å². The molecule has 0 saturated heterocycles. The maximum absolute atomic E-state index is 11.8. The molecule has 2 rings (SSSR count). The van der Waals surface area contributed by atoms with Gasteiger partial charge in [-0.3, -0.25) is 4.79 Å². The smallest absolute Gasteiger partial charge is 0.230 e. The van der Waals surface area contributed by atoms with Gasteiger partial charge in [-0.25, -0.2) is 4.98 Å². The maximum Gasteiger partial charge on any atom is 0.230 e.